The summed E-state index contributed by atoms with van der Waals surface area (Å²) in [6, 6.07) is 4.29. The Kier molecular flexibility index (Phi) is 2.26. The average molecular weight is 243 g/mol. The fourth-order valence-electron chi connectivity index (χ4n) is 2.06. The molecule has 1 aromatic carbocycles. The number of hydrogen-bond acceptors (Lipinski definition) is 3. The number of nitrogens with one attached hydrogen (secondary N) is 1. The fourth-order valence-corrected chi connectivity index (χ4v) is 2.78. The first-order valence-electron chi connectivity index (χ1n) is 5.53. The minimum Gasteiger partial charge on any atom is -0.337 e. The highest BCUT2D eigenvalue weighted by atomic mass is 32.1. The van der Waals surface area contributed by atoms with Gasteiger partial charge in [-0.1, -0.05) is 6.07 Å². The Balaban J connectivity index is 2.23. The molecule has 3 aromatic rings. The van der Waals surface area contributed by atoms with Gasteiger partial charge in [-0.15, -0.1) is 11.3 Å². The van der Waals surface area contributed by atoms with Gasteiger partial charge in [0, 0.05) is 6.20 Å². The predicted molar refractivity (Wildman–Crippen MR) is 71.4 cm³/mol. The monoisotopic (exact) mass is 243 g/mol. The number of rotatable bonds is 1. The number of aromatic nitrogens is 3. The number of nitrogens with zero attached hydrogens (tertiary/aromatic N) is 2. The third kappa shape index (κ3) is 1.74. The number of benzene rings is 1. The Labute approximate surface area is 104 Å². The quantitative estimate of drug-likeness (QED) is 0.709. The van der Waals surface area contributed by atoms with E-state index in [0.29, 0.717) is 0 Å². The van der Waals surface area contributed by atoms with Crippen molar-refractivity contribution < 1.29 is 0 Å². The maximum absolute atomic E-state index is 4.65. The largest absolute Gasteiger partial charge is 0.337 e. The number of thiazole rings is 1. The van der Waals surface area contributed by atoms with Crippen LogP contribution in [0.25, 0.3) is 21.7 Å². The Hall–Kier alpha value is -1.68. The van der Waals surface area contributed by atoms with Crippen molar-refractivity contribution in [1.29, 1.82) is 0 Å². The molecule has 0 atom stereocenters. The van der Waals surface area contributed by atoms with Crippen LogP contribution in [-0.2, 0) is 0 Å². The Bertz CT molecular complexity index is 694. The number of hydrogen-bond donors (Lipinski definition) is 1. The van der Waals surface area contributed by atoms with Crippen LogP contribution in [-0.4, -0.2) is 15.0 Å². The standard InChI is InChI=1S/C13H13N3S/c1-7-4-8(2)12-10(5-7)15-13(16-12)11-6-14-9(3)17-11/h4-6H,1-3H3,(H,15,16). The topological polar surface area (TPSA) is 41.6 Å². The first-order valence-corrected chi connectivity index (χ1v) is 6.35. The molecule has 0 fully saturated rings. The van der Waals surface area contributed by atoms with E-state index in [1.165, 1.54) is 11.1 Å². The smallest absolute Gasteiger partial charge is 0.150 e. The molecule has 0 unspecified atom stereocenters. The molecule has 17 heavy (non-hydrogen) atoms. The lowest BCUT2D eigenvalue weighted by atomic mass is 10.1. The van der Waals surface area contributed by atoms with E-state index in [-0.39, 0.29) is 0 Å². The molecule has 0 aliphatic carbocycles. The lowest BCUT2D eigenvalue weighted by Gasteiger charge is -1.96. The van der Waals surface area contributed by atoms with Crippen molar-refractivity contribution in [1.82, 2.24) is 15.0 Å². The summed E-state index contributed by atoms with van der Waals surface area (Å²) >= 11 is 1.66. The van der Waals surface area contributed by atoms with Gasteiger partial charge in [-0.3, -0.25) is 0 Å². The van der Waals surface area contributed by atoms with Crippen LogP contribution < -0.4 is 0 Å². The van der Waals surface area contributed by atoms with Crippen LogP contribution in [0.4, 0.5) is 0 Å². The molecule has 2 aromatic heterocycles. The number of aryl methyl sites for hydroxylation is 3. The van der Waals surface area contributed by atoms with Crippen LogP contribution in [0.2, 0.25) is 0 Å². The Morgan fingerprint density at radius 3 is 2.71 bits per heavy atom. The maximum Gasteiger partial charge on any atom is 0.150 e. The van der Waals surface area contributed by atoms with E-state index in [0.717, 1.165) is 26.7 Å². The van der Waals surface area contributed by atoms with Gasteiger partial charge in [0.25, 0.3) is 0 Å². The minimum absolute atomic E-state index is 0.916. The molecule has 0 radical (unpaired) electrons. The molecule has 0 aliphatic heterocycles. The van der Waals surface area contributed by atoms with Gasteiger partial charge < -0.3 is 4.98 Å². The lowest BCUT2D eigenvalue weighted by molar-refractivity contribution is 1.28. The first-order chi connectivity index (χ1) is 8.13. The zero-order valence-electron chi connectivity index (χ0n) is 10.0. The van der Waals surface area contributed by atoms with E-state index < -0.39 is 0 Å². The summed E-state index contributed by atoms with van der Waals surface area (Å²) in [4.78, 5) is 13.4. The summed E-state index contributed by atoms with van der Waals surface area (Å²) in [6.07, 6.45) is 1.87. The fraction of sp³-hybridized carbons (Fsp3) is 0.231. The van der Waals surface area contributed by atoms with Gasteiger partial charge in [-0.25, -0.2) is 9.97 Å². The van der Waals surface area contributed by atoms with E-state index in [1.54, 1.807) is 11.3 Å². The molecule has 0 saturated heterocycles. The normalized spacial score (nSPS) is 11.2. The summed E-state index contributed by atoms with van der Waals surface area (Å²) in [5.41, 5.74) is 4.62. The number of imidazole rings is 1. The molecule has 0 bridgehead atoms. The summed E-state index contributed by atoms with van der Waals surface area (Å²) in [7, 11) is 0. The number of H-pyrrole nitrogens is 1. The van der Waals surface area contributed by atoms with E-state index in [4.69, 9.17) is 0 Å². The number of fused-ring (bicyclic) bond motifs is 1. The third-order valence-corrected chi connectivity index (χ3v) is 3.70. The highest BCUT2D eigenvalue weighted by molar-refractivity contribution is 7.14. The van der Waals surface area contributed by atoms with Crippen LogP contribution in [0.3, 0.4) is 0 Å². The molecule has 0 amide bonds. The maximum atomic E-state index is 4.65. The predicted octanol–water partition coefficient (Wildman–Crippen LogP) is 3.61. The summed E-state index contributed by atoms with van der Waals surface area (Å²) < 4.78 is 0. The summed E-state index contributed by atoms with van der Waals surface area (Å²) in [6.45, 7) is 6.20. The third-order valence-electron chi connectivity index (χ3n) is 2.78. The van der Waals surface area contributed by atoms with Crippen molar-refractivity contribution in [2.45, 2.75) is 20.8 Å². The van der Waals surface area contributed by atoms with Crippen molar-refractivity contribution in [3.05, 3.63) is 34.5 Å². The Morgan fingerprint density at radius 1 is 1.18 bits per heavy atom. The van der Waals surface area contributed by atoms with Crippen LogP contribution in [0, 0.1) is 20.8 Å². The van der Waals surface area contributed by atoms with Gasteiger partial charge in [-0.05, 0) is 38.0 Å². The SMILES string of the molecule is Cc1cc(C)c2nc(-c3cnc(C)s3)[nH]c2c1. The molecule has 0 saturated carbocycles. The molecule has 4 heteroatoms. The van der Waals surface area contributed by atoms with E-state index in [2.05, 4.69) is 40.9 Å². The van der Waals surface area contributed by atoms with Gasteiger partial charge in [0.1, 0.15) is 5.82 Å². The van der Waals surface area contributed by atoms with Crippen LogP contribution in [0.5, 0.6) is 0 Å². The molecule has 0 spiro atoms. The molecular formula is C13H13N3S. The molecular weight excluding hydrogens is 230 g/mol. The van der Waals surface area contributed by atoms with Crippen molar-refractivity contribution in [3.8, 4) is 10.7 Å². The second-order valence-corrected chi connectivity index (χ2v) is 5.54. The minimum atomic E-state index is 0.916. The molecule has 86 valence electrons. The van der Waals surface area contributed by atoms with Crippen molar-refractivity contribution >= 4 is 22.4 Å². The van der Waals surface area contributed by atoms with E-state index >= 15 is 0 Å². The van der Waals surface area contributed by atoms with Gasteiger partial charge in [0.2, 0.25) is 0 Å². The summed E-state index contributed by atoms with van der Waals surface area (Å²) in [5, 5.41) is 1.06. The van der Waals surface area contributed by atoms with Crippen molar-refractivity contribution in [2.75, 3.05) is 0 Å². The number of aromatic amines is 1. The van der Waals surface area contributed by atoms with E-state index in [1.807, 2.05) is 13.1 Å². The van der Waals surface area contributed by atoms with Crippen molar-refractivity contribution in [3.63, 3.8) is 0 Å². The van der Waals surface area contributed by atoms with Crippen LogP contribution in [0.15, 0.2) is 18.3 Å². The highest BCUT2D eigenvalue weighted by Gasteiger charge is 2.09. The van der Waals surface area contributed by atoms with Crippen LogP contribution in [0.1, 0.15) is 16.1 Å². The highest BCUT2D eigenvalue weighted by Crippen LogP contribution is 2.27. The zero-order valence-corrected chi connectivity index (χ0v) is 10.9. The molecule has 0 aliphatic rings. The molecule has 1 N–H and O–H groups in total. The molecule has 3 nitrogen and oxygen atoms in total. The molecule has 2 heterocycles. The van der Waals surface area contributed by atoms with Gasteiger partial charge in [0.15, 0.2) is 0 Å². The Morgan fingerprint density at radius 2 is 2.00 bits per heavy atom. The van der Waals surface area contributed by atoms with Crippen molar-refractivity contribution in [2.24, 2.45) is 0 Å². The zero-order chi connectivity index (χ0) is 12.0. The van der Waals surface area contributed by atoms with Gasteiger partial charge >= 0.3 is 0 Å². The second-order valence-electron chi connectivity index (χ2n) is 4.31. The first kappa shape index (κ1) is 10.5. The lowest BCUT2D eigenvalue weighted by Crippen LogP contribution is -1.79. The van der Waals surface area contributed by atoms with E-state index in [9.17, 15) is 0 Å². The van der Waals surface area contributed by atoms with Gasteiger partial charge in [-0.2, -0.15) is 0 Å². The second kappa shape index (κ2) is 3.67. The van der Waals surface area contributed by atoms with Crippen LogP contribution >= 0.6 is 11.3 Å². The summed E-state index contributed by atoms with van der Waals surface area (Å²) in [5.74, 6) is 0.916. The molecule has 3 rings (SSSR count). The van der Waals surface area contributed by atoms with Gasteiger partial charge in [0.05, 0.1) is 20.9 Å². The average Bonchev–Trinajstić information content (AvgIpc) is 2.83.